The van der Waals surface area contributed by atoms with E-state index in [4.69, 9.17) is 11.6 Å². The molecule has 0 bridgehead atoms. The highest BCUT2D eigenvalue weighted by Crippen LogP contribution is 2.29. The van der Waals surface area contributed by atoms with Gasteiger partial charge < -0.3 is 10.2 Å². The van der Waals surface area contributed by atoms with Crippen molar-refractivity contribution >= 4 is 39.1 Å². The van der Waals surface area contributed by atoms with E-state index in [0.29, 0.717) is 11.4 Å². The number of amides is 2. The van der Waals surface area contributed by atoms with Gasteiger partial charge in [0.15, 0.2) is 0 Å². The van der Waals surface area contributed by atoms with E-state index in [2.05, 4.69) is 5.32 Å². The fourth-order valence-electron chi connectivity index (χ4n) is 4.37. The van der Waals surface area contributed by atoms with E-state index in [1.807, 2.05) is 72.7 Å². The zero-order valence-electron chi connectivity index (χ0n) is 24.9. The van der Waals surface area contributed by atoms with Crippen LogP contribution in [0.1, 0.15) is 56.4 Å². The van der Waals surface area contributed by atoms with Gasteiger partial charge in [0, 0.05) is 17.1 Å². The number of carbonyl (C=O) groups is 2. The van der Waals surface area contributed by atoms with Crippen LogP contribution in [-0.2, 0) is 26.2 Å². The van der Waals surface area contributed by atoms with Crippen LogP contribution in [0, 0.1) is 20.8 Å². The molecule has 1 atom stereocenters. The van der Waals surface area contributed by atoms with E-state index in [-0.39, 0.29) is 23.0 Å². The lowest BCUT2D eigenvalue weighted by molar-refractivity contribution is -0.141. The lowest BCUT2D eigenvalue weighted by Gasteiger charge is -2.35. The molecular formula is C32H40ClN3O4S. The van der Waals surface area contributed by atoms with Gasteiger partial charge in [-0.25, -0.2) is 8.42 Å². The molecule has 0 aliphatic rings. The van der Waals surface area contributed by atoms with Crippen LogP contribution in [0.3, 0.4) is 0 Å². The smallest absolute Gasteiger partial charge is 0.264 e. The molecular weight excluding hydrogens is 558 g/mol. The highest BCUT2D eigenvalue weighted by molar-refractivity contribution is 7.92. The summed E-state index contributed by atoms with van der Waals surface area (Å²) in [6.45, 7) is 12.8. The van der Waals surface area contributed by atoms with Crippen LogP contribution < -0.4 is 9.62 Å². The van der Waals surface area contributed by atoms with Crippen LogP contribution >= 0.6 is 11.6 Å². The van der Waals surface area contributed by atoms with E-state index >= 15 is 0 Å². The maximum absolute atomic E-state index is 14.2. The fourth-order valence-corrected chi connectivity index (χ4v) is 5.95. The highest BCUT2D eigenvalue weighted by atomic mass is 35.5. The van der Waals surface area contributed by atoms with Crippen molar-refractivity contribution in [2.75, 3.05) is 10.8 Å². The molecule has 220 valence electrons. The average molecular weight is 598 g/mol. The van der Waals surface area contributed by atoms with Gasteiger partial charge in [-0.1, -0.05) is 72.1 Å². The highest BCUT2D eigenvalue weighted by Gasteiger charge is 2.34. The van der Waals surface area contributed by atoms with Crippen molar-refractivity contribution in [2.45, 2.75) is 77.9 Å². The average Bonchev–Trinajstić information content (AvgIpc) is 2.89. The molecule has 7 nitrogen and oxygen atoms in total. The number of sulfonamides is 1. The van der Waals surface area contributed by atoms with Crippen LogP contribution in [0.5, 0.6) is 0 Å². The first kappa shape index (κ1) is 32.2. The van der Waals surface area contributed by atoms with Gasteiger partial charge in [0.05, 0.1) is 10.6 Å². The Morgan fingerprint density at radius 3 is 1.98 bits per heavy atom. The predicted molar refractivity (Wildman–Crippen MR) is 166 cm³/mol. The fraction of sp³-hybridized carbons (Fsp3) is 0.375. The Morgan fingerprint density at radius 2 is 1.46 bits per heavy atom. The number of halogens is 1. The lowest BCUT2D eigenvalue weighted by Crippen LogP contribution is -2.55. The number of nitrogens with zero attached hydrogens (tertiary/aromatic N) is 2. The second kappa shape index (κ2) is 13.1. The van der Waals surface area contributed by atoms with E-state index in [9.17, 15) is 18.0 Å². The molecule has 9 heteroatoms. The normalized spacial score (nSPS) is 12.5. The molecule has 1 N–H and O–H groups in total. The Bertz CT molecular complexity index is 1480. The van der Waals surface area contributed by atoms with Crippen molar-refractivity contribution in [2.24, 2.45) is 0 Å². The molecule has 3 aromatic carbocycles. The van der Waals surface area contributed by atoms with Gasteiger partial charge in [0.2, 0.25) is 11.8 Å². The Balaban J connectivity index is 2.09. The van der Waals surface area contributed by atoms with Gasteiger partial charge in [0.1, 0.15) is 12.6 Å². The summed E-state index contributed by atoms with van der Waals surface area (Å²) < 4.78 is 29.0. The van der Waals surface area contributed by atoms with Gasteiger partial charge in [0.25, 0.3) is 10.0 Å². The first-order valence-corrected chi connectivity index (χ1v) is 15.5. The molecule has 0 fully saturated rings. The van der Waals surface area contributed by atoms with Crippen LogP contribution in [-0.4, -0.2) is 43.3 Å². The monoisotopic (exact) mass is 597 g/mol. The zero-order valence-corrected chi connectivity index (χ0v) is 26.4. The standard InChI is InChI=1S/C32H40ClN3O4S/c1-8-29(31(38)34-32(5,6)7)35(20-25-14-9-22(2)10-15-25)30(37)21-36(26-16-13-24(4)28(33)19-26)41(39,40)27-17-11-23(3)12-18-27/h9-19,29H,8,20-21H2,1-7H3,(H,34,38)/t29-/m1/s1. The second-order valence-electron chi connectivity index (χ2n) is 11.4. The van der Waals surface area contributed by atoms with E-state index in [0.717, 1.165) is 26.6 Å². The van der Waals surface area contributed by atoms with Gasteiger partial charge in [-0.2, -0.15) is 0 Å². The molecule has 41 heavy (non-hydrogen) atoms. The summed E-state index contributed by atoms with van der Waals surface area (Å²) >= 11 is 6.40. The molecule has 0 radical (unpaired) electrons. The lowest BCUT2D eigenvalue weighted by atomic mass is 10.1. The van der Waals surface area contributed by atoms with Crippen LogP contribution in [0.4, 0.5) is 5.69 Å². The van der Waals surface area contributed by atoms with E-state index < -0.39 is 34.1 Å². The molecule has 0 saturated heterocycles. The number of benzene rings is 3. The summed E-state index contributed by atoms with van der Waals surface area (Å²) in [6.07, 6.45) is 0.348. The summed E-state index contributed by atoms with van der Waals surface area (Å²) in [5.74, 6) is -0.805. The maximum Gasteiger partial charge on any atom is 0.264 e. The summed E-state index contributed by atoms with van der Waals surface area (Å²) in [6, 6.07) is 18.2. The third-order valence-corrected chi connectivity index (χ3v) is 8.88. The number of hydrogen-bond acceptors (Lipinski definition) is 4. The van der Waals surface area contributed by atoms with Crippen LogP contribution in [0.25, 0.3) is 0 Å². The Hall–Kier alpha value is -3.36. The van der Waals surface area contributed by atoms with Crippen molar-refractivity contribution in [3.8, 4) is 0 Å². The summed E-state index contributed by atoms with van der Waals surface area (Å²) in [4.78, 5) is 29.1. The molecule has 0 unspecified atom stereocenters. The number of rotatable bonds is 10. The van der Waals surface area contributed by atoms with Crippen molar-refractivity contribution in [3.05, 3.63) is 94.0 Å². The van der Waals surface area contributed by atoms with Crippen molar-refractivity contribution in [3.63, 3.8) is 0 Å². The minimum absolute atomic E-state index is 0.0511. The number of carbonyl (C=O) groups excluding carboxylic acids is 2. The molecule has 3 rings (SSSR count). The van der Waals surface area contributed by atoms with Gasteiger partial charge in [-0.3, -0.25) is 13.9 Å². The third-order valence-electron chi connectivity index (χ3n) is 6.69. The summed E-state index contributed by atoms with van der Waals surface area (Å²) in [5, 5.41) is 3.36. The molecule has 2 amide bonds. The second-order valence-corrected chi connectivity index (χ2v) is 13.7. The number of nitrogens with one attached hydrogen (secondary N) is 1. The molecule has 0 aliphatic carbocycles. The molecule has 0 aliphatic heterocycles. The van der Waals surface area contributed by atoms with Crippen LogP contribution in [0.15, 0.2) is 71.6 Å². The minimum atomic E-state index is -4.16. The van der Waals surface area contributed by atoms with Crippen molar-refractivity contribution in [1.29, 1.82) is 0 Å². The van der Waals surface area contributed by atoms with Gasteiger partial charge >= 0.3 is 0 Å². The zero-order chi connectivity index (χ0) is 30.5. The number of anilines is 1. The molecule has 0 aromatic heterocycles. The Kier molecular flexibility index (Phi) is 10.3. The topological polar surface area (TPSA) is 86.8 Å². The first-order chi connectivity index (χ1) is 19.1. The minimum Gasteiger partial charge on any atom is -0.350 e. The molecule has 0 heterocycles. The van der Waals surface area contributed by atoms with E-state index in [1.54, 1.807) is 30.3 Å². The summed E-state index contributed by atoms with van der Waals surface area (Å²) in [5.41, 5.74) is 3.33. The molecule has 0 saturated carbocycles. The maximum atomic E-state index is 14.2. The van der Waals surface area contributed by atoms with Crippen molar-refractivity contribution in [1.82, 2.24) is 10.2 Å². The van der Waals surface area contributed by atoms with Gasteiger partial charge in [-0.05, 0) is 83.4 Å². The van der Waals surface area contributed by atoms with Gasteiger partial charge in [-0.15, -0.1) is 0 Å². The first-order valence-electron chi connectivity index (χ1n) is 13.6. The SMILES string of the molecule is CC[C@H](C(=O)NC(C)(C)C)N(Cc1ccc(C)cc1)C(=O)CN(c1ccc(C)c(Cl)c1)S(=O)(=O)c1ccc(C)cc1. The largest absolute Gasteiger partial charge is 0.350 e. The quantitative estimate of drug-likeness (QED) is 0.302. The number of aryl methyl sites for hydroxylation is 3. The van der Waals surface area contributed by atoms with E-state index in [1.165, 1.54) is 17.0 Å². The third kappa shape index (κ3) is 8.33. The Morgan fingerprint density at radius 1 is 0.902 bits per heavy atom. The number of hydrogen-bond donors (Lipinski definition) is 1. The Labute approximate surface area is 249 Å². The molecule has 3 aromatic rings. The van der Waals surface area contributed by atoms with Crippen molar-refractivity contribution < 1.29 is 18.0 Å². The summed E-state index contributed by atoms with van der Waals surface area (Å²) in [7, 11) is -4.16. The predicted octanol–water partition coefficient (Wildman–Crippen LogP) is 6.18. The molecule has 0 spiro atoms. The van der Waals surface area contributed by atoms with Crippen LogP contribution in [0.2, 0.25) is 5.02 Å².